The average molecular weight is 380 g/mol. The van der Waals surface area contributed by atoms with Crippen LogP contribution < -0.4 is 9.47 Å². The number of nitriles is 2. The van der Waals surface area contributed by atoms with Crippen molar-refractivity contribution in [2.24, 2.45) is 0 Å². The molecule has 0 aliphatic carbocycles. The normalized spacial score (nSPS) is 10.6. The van der Waals surface area contributed by atoms with E-state index in [2.05, 4.69) is 0 Å². The van der Waals surface area contributed by atoms with Crippen molar-refractivity contribution < 1.29 is 22.6 Å². The summed E-state index contributed by atoms with van der Waals surface area (Å²) in [5, 5.41) is 18.0. The summed E-state index contributed by atoms with van der Waals surface area (Å²) >= 11 is 0. The summed E-state index contributed by atoms with van der Waals surface area (Å²) in [4.78, 5) is 0. The molecule has 0 radical (unpaired) electrons. The van der Waals surface area contributed by atoms with E-state index < -0.39 is 11.7 Å². The van der Waals surface area contributed by atoms with Gasteiger partial charge in [0.05, 0.1) is 11.1 Å². The van der Waals surface area contributed by atoms with Gasteiger partial charge in [0.15, 0.2) is 0 Å². The summed E-state index contributed by atoms with van der Waals surface area (Å²) in [5.74, 6) is -0.0299. The highest BCUT2D eigenvalue weighted by atomic mass is 19.4. The molecule has 0 heterocycles. The first-order chi connectivity index (χ1) is 13.4. The minimum atomic E-state index is -4.66. The number of rotatable bonds is 4. The minimum Gasteiger partial charge on any atom is -0.457 e. The monoisotopic (exact) mass is 380 g/mol. The molecular formula is C21H11F3N2O2. The molecule has 0 N–H and O–H groups in total. The molecule has 0 spiro atoms. The molecule has 3 aromatic carbocycles. The zero-order valence-electron chi connectivity index (χ0n) is 14.2. The fraction of sp³-hybridized carbons (Fsp3) is 0.0476. The van der Waals surface area contributed by atoms with Gasteiger partial charge in [0.2, 0.25) is 0 Å². The molecule has 3 rings (SSSR count). The topological polar surface area (TPSA) is 66.0 Å². The Hall–Kier alpha value is -3.97. The van der Waals surface area contributed by atoms with Crippen molar-refractivity contribution in [3.63, 3.8) is 0 Å². The Balaban J connectivity index is 1.93. The van der Waals surface area contributed by atoms with Gasteiger partial charge in [0, 0.05) is 0 Å². The van der Waals surface area contributed by atoms with Crippen LogP contribution in [0, 0.1) is 22.7 Å². The lowest BCUT2D eigenvalue weighted by molar-refractivity contribution is -0.138. The van der Waals surface area contributed by atoms with Crippen molar-refractivity contribution in [2.45, 2.75) is 6.18 Å². The van der Waals surface area contributed by atoms with Crippen LogP contribution in [0.5, 0.6) is 23.0 Å². The number of para-hydroxylation sites is 1. The summed E-state index contributed by atoms with van der Waals surface area (Å²) in [6, 6.07) is 19.2. The van der Waals surface area contributed by atoms with Crippen LogP contribution in [0.2, 0.25) is 0 Å². The highest BCUT2D eigenvalue weighted by Gasteiger charge is 2.35. The molecular weight excluding hydrogens is 369 g/mol. The van der Waals surface area contributed by atoms with Gasteiger partial charge in [-0.2, -0.15) is 23.7 Å². The number of alkyl halides is 3. The molecule has 0 aromatic heterocycles. The van der Waals surface area contributed by atoms with Gasteiger partial charge < -0.3 is 9.47 Å². The summed E-state index contributed by atoms with van der Waals surface area (Å²) in [6.07, 6.45) is -4.66. The van der Waals surface area contributed by atoms with Crippen molar-refractivity contribution in [1.29, 1.82) is 10.5 Å². The first-order valence-electron chi connectivity index (χ1n) is 7.97. The first kappa shape index (κ1) is 18.8. The molecule has 0 amide bonds. The van der Waals surface area contributed by atoms with E-state index in [4.69, 9.17) is 20.0 Å². The summed E-state index contributed by atoms with van der Waals surface area (Å²) < 4.78 is 51.2. The van der Waals surface area contributed by atoms with Crippen LogP contribution in [0.15, 0.2) is 66.7 Å². The molecule has 3 aromatic rings. The third-order valence-corrected chi connectivity index (χ3v) is 3.70. The smallest absolute Gasteiger partial charge is 0.420 e. The molecule has 0 fully saturated rings. The van der Waals surface area contributed by atoms with Crippen molar-refractivity contribution in [3.05, 3.63) is 83.4 Å². The van der Waals surface area contributed by atoms with Gasteiger partial charge in [-0.3, -0.25) is 0 Å². The van der Waals surface area contributed by atoms with Crippen LogP contribution >= 0.6 is 0 Å². The van der Waals surface area contributed by atoms with E-state index in [1.165, 1.54) is 30.3 Å². The quantitative estimate of drug-likeness (QED) is 0.554. The van der Waals surface area contributed by atoms with Crippen LogP contribution in [0.1, 0.15) is 16.7 Å². The molecule has 138 valence electrons. The predicted octanol–water partition coefficient (Wildman–Crippen LogP) is 6.03. The maximum Gasteiger partial charge on any atom is 0.420 e. The standard InChI is InChI=1S/C21H11F3N2O2/c22-21(23,24)19-11-18(8-9-20(19)28-16-4-2-1-3-5-16)27-17-7-6-14(12-25)15(10-17)13-26/h1-11H. The number of nitrogens with zero attached hydrogens (tertiary/aromatic N) is 2. The third kappa shape index (κ3) is 4.22. The van der Waals surface area contributed by atoms with E-state index in [-0.39, 0.29) is 34.1 Å². The number of halogens is 3. The van der Waals surface area contributed by atoms with Crippen LogP contribution in [0.3, 0.4) is 0 Å². The van der Waals surface area contributed by atoms with E-state index in [0.29, 0.717) is 0 Å². The Kier molecular flexibility index (Phi) is 5.19. The van der Waals surface area contributed by atoms with Gasteiger partial charge in [-0.25, -0.2) is 0 Å². The maximum atomic E-state index is 13.5. The number of hydrogen-bond acceptors (Lipinski definition) is 4. The molecule has 0 atom stereocenters. The van der Waals surface area contributed by atoms with Crippen molar-refractivity contribution in [1.82, 2.24) is 0 Å². The number of hydrogen-bond donors (Lipinski definition) is 0. The molecule has 4 nitrogen and oxygen atoms in total. The van der Waals surface area contributed by atoms with Gasteiger partial charge in [0.25, 0.3) is 0 Å². The molecule has 0 aliphatic rings. The van der Waals surface area contributed by atoms with Gasteiger partial charge in [-0.15, -0.1) is 0 Å². The van der Waals surface area contributed by atoms with Gasteiger partial charge in [-0.1, -0.05) is 18.2 Å². The number of benzene rings is 3. The van der Waals surface area contributed by atoms with Crippen LogP contribution in [0.25, 0.3) is 0 Å². The zero-order valence-corrected chi connectivity index (χ0v) is 14.2. The second kappa shape index (κ2) is 7.73. The number of ether oxygens (including phenoxy) is 2. The lowest BCUT2D eigenvalue weighted by Gasteiger charge is -2.15. The van der Waals surface area contributed by atoms with Crippen LogP contribution in [-0.2, 0) is 6.18 Å². The van der Waals surface area contributed by atoms with Crippen molar-refractivity contribution in [3.8, 4) is 35.1 Å². The lowest BCUT2D eigenvalue weighted by atomic mass is 10.1. The van der Waals surface area contributed by atoms with Gasteiger partial charge in [-0.05, 0) is 48.5 Å². The molecule has 7 heteroatoms. The summed E-state index contributed by atoms with van der Waals surface area (Å²) in [7, 11) is 0. The minimum absolute atomic E-state index is 0.0695. The third-order valence-electron chi connectivity index (χ3n) is 3.70. The van der Waals surface area contributed by atoms with E-state index in [1.54, 1.807) is 30.3 Å². The van der Waals surface area contributed by atoms with Gasteiger partial charge >= 0.3 is 6.18 Å². The highest BCUT2D eigenvalue weighted by molar-refractivity contribution is 5.51. The van der Waals surface area contributed by atoms with Crippen molar-refractivity contribution >= 4 is 0 Å². The highest BCUT2D eigenvalue weighted by Crippen LogP contribution is 2.41. The summed E-state index contributed by atoms with van der Waals surface area (Å²) in [5.41, 5.74) is -0.777. The van der Waals surface area contributed by atoms with Crippen molar-refractivity contribution in [2.75, 3.05) is 0 Å². The molecule has 0 saturated heterocycles. The van der Waals surface area contributed by atoms with E-state index in [1.807, 2.05) is 12.1 Å². The molecule has 0 unspecified atom stereocenters. The Bertz CT molecular complexity index is 1080. The van der Waals surface area contributed by atoms with E-state index in [9.17, 15) is 13.2 Å². The SMILES string of the molecule is N#Cc1ccc(Oc2ccc(Oc3ccccc3)c(C(F)(F)F)c2)cc1C#N. The second-order valence-electron chi connectivity index (χ2n) is 5.60. The second-order valence-corrected chi connectivity index (χ2v) is 5.60. The van der Waals surface area contributed by atoms with E-state index in [0.717, 1.165) is 6.07 Å². The van der Waals surface area contributed by atoms with E-state index >= 15 is 0 Å². The summed E-state index contributed by atoms with van der Waals surface area (Å²) in [6.45, 7) is 0. The Morgan fingerprint density at radius 2 is 1.32 bits per heavy atom. The fourth-order valence-corrected chi connectivity index (χ4v) is 2.41. The molecule has 28 heavy (non-hydrogen) atoms. The first-order valence-corrected chi connectivity index (χ1v) is 7.97. The largest absolute Gasteiger partial charge is 0.457 e. The Labute approximate surface area is 158 Å². The van der Waals surface area contributed by atoms with Crippen LogP contribution in [-0.4, -0.2) is 0 Å². The van der Waals surface area contributed by atoms with Crippen LogP contribution in [0.4, 0.5) is 13.2 Å². The molecule has 0 bridgehead atoms. The lowest BCUT2D eigenvalue weighted by Crippen LogP contribution is -2.07. The zero-order chi connectivity index (χ0) is 20.1. The Morgan fingerprint density at radius 3 is 1.96 bits per heavy atom. The average Bonchev–Trinajstić information content (AvgIpc) is 2.69. The maximum absolute atomic E-state index is 13.5. The van der Waals surface area contributed by atoms with Gasteiger partial charge in [0.1, 0.15) is 40.7 Å². The predicted molar refractivity (Wildman–Crippen MR) is 93.9 cm³/mol. The molecule has 0 saturated carbocycles. The Morgan fingerprint density at radius 1 is 0.679 bits per heavy atom. The molecule has 0 aliphatic heterocycles. The fourth-order valence-electron chi connectivity index (χ4n) is 2.41.